The van der Waals surface area contributed by atoms with Crippen molar-refractivity contribution in [2.24, 2.45) is 5.73 Å². The Morgan fingerprint density at radius 1 is 1.17 bits per heavy atom. The number of nitrogens with two attached hydrogens (primary N) is 1. The first-order valence-corrected chi connectivity index (χ1v) is 4.23. The van der Waals surface area contributed by atoms with Gasteiger partial charge in [-0.2, -0.15) is 0 Å². The first-order valence-electron chi connectivity index (χ1n) is 3.82. The van der Waals surface area contributed by atoms with E-state index in [4.69, 9.17) is 18.0 Å². The number of allylic oxidation sites excluding steroid dienone is 1. The molecule has 12 heavy (non-hydrogen) atoms. The number of benzene rings is 1. The van der Waals surface area contributed by atoms with Crippen LogP contribution < -0.4 is 5.73 Å². The molecule has 60 valence electrons. The fraction of sp³-hybridized carbons (Fsp3) is 0.100. The van der Waals surface area contributed by atoms with E-state index in [1.807, 2.05) is 31.2 Å². The van der Waals surface area contributed by atoms with Crippen LogP contribution in [0.2, 0.25) is 0 Å². The zero-order chi connectivity index (χ0) is 8.72. The molecule has 1 aromatic carbocycles. The van der Waals surface area contributed by atoms with Crippen LogP contribution in [-0.4, -0.2) is 4.86 Å². The first kappa shape index (κ1) is 7.50. The molecule has 1 aliphatic carbocycles. The lowest BCUT2D eigenvalue weighted by Gasteiger charge is -1.97. The van der Waals surface area contributed by atoms with Gasteiger partial charge in [-0.05, 0) is 12.5 Å². The average Bonchev–Trinajstić information content (AvgIpc) is 2.33. The molecule has 0 bridgehead atoms. The summed E-state index contributed by atoms with van der Waals surface area (Å²) in [6.45, 7) is 1.97. The summed E-state index contributed by atoms with van der Waals surface area (Å²) in [6, 6.07) is 7.98. The minimum atomic E-state index is 0.829. The molecular weight excluding hydrogens is 166 g/mol. The third-order valence-electron chi connectivity index (χ3n) is 2.21. The number of hydrogen-bond donors (Lipinski definition) is 1. The maximum absolute atomic E-state index is 5.87. The predicted molar refractivity (Wildman–Crippen MR) is 54.9 cm³/mol. The third kappa shape index (κ3) is 0.816. The summed E-state index contributed by atoms with van der Waals surface area (Å²) in [4.78, 5) is 0.892. The Hall–Kier alpha value is -1.15. The Morgan fingerprint density at radius 2 is 1.75 bits per heavy atom. The largest absolute Gasteiger partial charge is 0.398 e. The maximum atomic E-state index is 5.87. The van der Waals surface area contributed by atoms with Crippen molar-refractivity contribution in [1.82, 2.24) is 0 Å². The lowest BCUT2D eigenvalue weighted by Crippen LogP contribution is -1.94. The van der Waals surface area contributed by atoms with Crippen LogP contribution in [0.3, 0.4) is 0 Å². The lowest BCUT2D eigenvalue weighted by molar-refractivity contribution is 1.50. The van der Waals surface area contributed by atoms with Crippen LogP contribution in [-0.2, 0) is 0 Å². The maximum Gasteiger partial charge on any atom is 0.0506 e. The van der Waals surface area contributed by atoms with Crippen molar-refractivity contribution in [1.29, 1.82) is 0 Å². The monoisotopic (exact) mass is 175 g/mol. The van der Waals surface area contributed by atoms with E-state index in [9.17, 15) is 0 Å². The summed E-state index contributed by atoms with van der Waals surface area (Å²) in [7, 11) is 0. The van der Waals surface area contributed by atoms with Crippen LogP contribution in [0.1, 0.15) is 18.1 Å². The molecule has 1 aliphatic rings. The van der Waals surface area contributed by atoms with Gasteiger partial charge in [-0.1, -0.05) is 36.5 Å². The second kappa shape index (κ2) is 2.42. The van der Waals surface area contributed by atoms with Gasteiger partial charge < -0.3 is 5.73 Å². The molecule has 0 saturated heterocycles. The van der Waals surface area contributed by atoms with Gasteiger partial charge in [0.15, 0.2) is 0 Å². The minimum Gasteiger partial charge on any atom is -0.398 e. The van der Waals surface area contributed by atoms with Crippen LogP contribution in [0.5, 0.6) is 0 Å². The molecule has 1 nitrogen and oxygen atoms in total. The zero-order valence-electron chi connectivity index (χ0n) is 6.79. The van der Waals surface area contributed by atoms with Gasteiger partial charge in [-0.15, -0.1) is 0 Å². The Bertz CT molecular complexity index is 391. The molecule has 0 radical (unpaired) electrons. The Morgan fingerprint density at radius 3 is 2.33 bits per heavy atom. The van der Waals surface area contributed by atoms with E-state index in [0.29, 0.717) is 0 Å². The fourth-order valence-electron chi connectivity index (χ4n) is 1.44. The summed E-state index contributed by atoms with van der Waals surface area (Å²) in [5.74, 6) is 0. The van der Waals surface area contributed by atoms with Crippen LogP contribution in [0.25, 0.3) is 5.70 Å². The van der Waals surface area contributed by atoms with Gasteiger partial charge >= 0.3 is 0 Å². The fourth-order valence-corrected chi connectivity index (χ4v) is 1.73. The van der Waals surface area contributed by atoms with E-state index in [0.717, 1.165) is 27.3 Å². The van der Waals surface area contributed by atoms with Gasteiger partial charge in [0.1, 0.15) is 0 Å². The second-order valence-electron chi connectivity index (χ2n) is 2.91. The van der Waals surface area contributed by atoms with Gasteiger partial charge in [0, 0.05) is 16.8 Å². The van der Waals surface area contributed by atoms with Gasteiger partial charge in [-0.3, -0.25) is 0 Å². The minimum absolute atomic E-state index is 0.829. The van der Waals surface area contributed by atoms with Crippen molar-refractivity contribution < 1.29 is 0 Å². The molecule has 0 heterocycles. The summed E-state index contributed by atoms with van der Waals surface area (Å²) in [6.07, 6.45) is 0. The lowest BCUT2D eigenvalue weighted by atomic mass is 10.1. The standard InChI is InChI=1S/C10H9NS/c1-6-9(11)7-4-2-3-5-8(7)10(6)12/h2-5H,11H2,1H3. The molecule has 2 rings (SSSR count). The van der Waals surface area contributed by atoms with Crippen LogP contribution in [0.15, 0.2) is 29.8 Å². The highest BCUT2D eigenvalue weighted by Crippen LogP contribution is 2.29. The molecule has 0 aliphatic heterocycles. The Balaban J connectivity index is 2.73. The average molecular weight is 175 g/mol. The predicted octanol–water partition coefficient (Wildman–Crippen LogP) is 2.11. The quantitative estimate of drug-likeness (QED) is 0.611. The molecule has 0 aromatic heterocycles. The van der Waals surface area contributed by atoms with Gasteiger partial charge in [0.05, 0.1) is 4.86 Å². The van der Waals surface area contributed by atoms with Crippen LogP contribution >= 0.6 is 12.2 Å². The topological polar surface area (TPSA) is 26.0 Å². The Kier molecular flexibility index (Phi) is 1.51. The molecule has 0 unspecified atom stereocenters. The van der Waals surface area contributed by atoms with Crippen LogP contribution in [0.4, 0.5) is 0 Å². The molecule has 2 N–H and O–H groups in total. The highest BCUT2D eigenvalue weighted by molar-refractivity contribution is 7.81. The van der Waals surface area contributed by atoms with E-state index in [-0.39, 0.29) is 0 Å². The van der Waals surface area contributed by atoms with Crippen molar-refractivity contribution in [2.75, 3.05) is 0 Å². The highest BCUT2D eigenvalue weighted by atomic mass is 32.1. The normalized spacial score (nSPS) is 15.2. The third-order valence-corrected chi connectivity index (χ3v) is 2.73. The number of fused-ring (bicyclic) bond motifs is 1. The van der Waals surface area contributed by atoms with Crippen molar-refractivity contribution in [3.63, 3.8) is 0 Å². The van der Waals surface area contributed by atoms with Crippen molar-refractivity contribution in [3.8, 4) is 0 Å². The molecule has 0 fully saturated rings. The molecule has 2 heteroatoms. The van der Waals surface area contributed by atoms with Crippen LogP contribution in [0, 0.1) is 0 Å². The van der Waals surface area contributed by atoms with E-state index >= 15 is 0 Å². The smallest absolute Gasteiger partial charge is 0.0506 e. The molecule has 0 atom stereocenters. The van der Waals surface area contributed by atoms with E-state index in [1.165, 1.54) is 0 Å². The van der Waals surface area contributed by atoms with E-state index in [1.54, 1.807) is 0 Å². The number of thiocarbonyl (C=S) groups is 1. The SMILES string of the molecule is CC1=C(N)c2ccccc2C1=S. The molecule has 1 aromatic rings. The van der Waals surface area contributed by atoms with Gasteiger partial charge in [0.2, 0.25) is 0 Å². The van der Waals surface area contributed by atoms with Crippen molar-refractivity contribution in [3.05, 3.63) is 41.0 Å². The van der Waals surface area contributed by atoms with Gasteiger partial charge in [0.25, 0.3) is 0 Å². The number of hydrogen-bond acceptors (Lipinski definition) is 2. The van der Waals surface area contributed by atoms with E-state index in [2.05, 4.69) is 0 Å². The summed E-state index contributed by atoms with van der Waals surface area (Å²) < 4.78 is 0. The second-order valence-corrected chi connectivity index (χ2v) is 3.32. The van der Waals surface area contributed by atoms with Crippen molar-refractivity contribution in [2.45, 2.75) is 6.92 Å². The highest BCUT2D eigenvalue weighted by Gasteiger charge is 2.20. The van der Waals surface area contributed by atoms with Gasteiger partial charge in [-0.25, -0.2) is 0 Å². The van der Waals surface area contributed by atoms with Crippen molar-refractivity contribution >= 4 is 22.8 Å². The first-order chi connectivity index (χ1) is 5.72. The summed E-state index contributed by atoms with van der Waals surface area (Å²) in [5, 5.41) is 0. The molecular formula is C10H9NS. The Labute approximate surface area is 76.9 Å². The summed E-state index contributed by atoms with van der Waals surface area (Å²) in [5.41, 5.74) is 9.92. The summed E-state index contributed by atoms with van der Waals surface area (Å²) >= 11 is 5.24. The molecule has 0 amide bonds. The van der Waals surface area contributed by atoms with E-state index < -0.39 is 0 Å². The molecule has 0 spiro atoms. The zero-order valence-corrected chi connectivity index (χ0v) is 7.61. The number of rotatable bonds is 0. The molecule has 0 saturated carbocycles.